The lowest BCUT2D eigenvalue weighted by Crippen LogP contribution is -2.43. The zero-order valence-corrected chi connectivity index (χ0v) is 9.08. The Morgan fingerprint density at radius 2 is 2.43 bits per heavy atom. The van der Waals surface area contributed by atoms with Gasteiger partial charge >= 0.3 is 6.03 Å². The van der Waals surface area contributed by atoms with E-state index in [9.17, 15) is 4.79 Å². The number of carbonyl (C=O) groups excluding carboxylic acids is 1. The minimum absolute atomic E-state index is 0.0615. The highest BCUT2D eigenvalue weighted by Gasteiger charge is 2.26. The first kappa shape index (κ1) is 11.3. The second kappa shape index (κ2) is 5.86. The van der Waals surface area contributed by atoms with Crippen LogP contribution in [-0.2, 0) is 4.74 Å². The van der Waals surface area contributed by atoms with Crippen molar-refractivity contribution in [2.45, 2.75) is 32.2 Å². The third kappa shape index (κ3) is 2.87. The number of rotatable bonds is 4. The highest BCUT2D eigenvalue weighted by atomic mass is 16.5. The van der Waals surface area contributed by atoms with E-state index < -0.39 is 0 Å². The van der Waals surface area contributed by atoms with Gasteiger partial charge < -0.3 is 15.0 Å². The molecule has 0 aromatic heterocycles. The summed E-state index contributed by atoms with van der Waals surface area (Å²) in [6.07, 6.45) is 3.34. The quantitative estimate of drug-likeness (QED) is 0.693. The average Bonchev–Trinajstić information content (AvgIpc) is 2.65. The van der Waals surface area contributed by atoms with Crippen LogP contribution < -0.4 is 5.32 Å². The Kier molecular flexibility index (Phi) is 4.73. The lowest BCUT2D eigenvalue weighted by Gasteiger charge is -2.23. The van der Waals surface area contributed by atoms with Crippen LogP contribution in [0.4, 0.5) is 4.79 Å². The Labute approximate surface area is 85.6 Å². The van der Waals surface area contributed by atoms with Crippen LogP contribution in [0.25, 0.3) is 0 Å². The molecule has 0 saturated carbocycles. The van der Waals surface area contributed by atoms with E-state index in [0.717, 1.165) is 25.8 Å². The van der Waals surface area contributed by atoms with E-state index in [2.05, 4.69) is 12.2 Å². The number of ether oxygens (including phenoxy) is 1. The summed E-state index contributed by atoms with van der Waals surface area (Å²) in [6, 6.07) is 0.504. The maximum Gasteiger partial charge on any atom is 0.317 e. The molecule has 0 bridgehead atoms. The fourth-order valence-electron chi connectivity index (χ4n) is 1.89. The molecular weight excluding hydrogens is 180 g/mol. The Hall–Kier alpha value is -0.770. The lowest BCUT2D eigenvalue weighted by atomic mass is 10.2. The average molecular weight is 200 g/mol. The van der Waals surface area contributed by atoms with Gasteiger partial charge in [0.25, 0.3) is 0 Å². The van der Waals surface area contributed by atoms with Gasteiger partial charge in [0.05, 0.1) is 6.61 Å². The number of likely N-dealkylation sites (tertiary alicyclic amines) is 1. The Balaban J connectivity index is 2.28. The summed E-state index contributed by atoms with van der Waals surface area (Å²) in [5.74, 6) is 0. The van der Waals surface area contributed by atoms with Crippen LogP contribution in [0, 0.1) is 0 Å². The number of methoxy groups -OCH3 is 1. The number of carbonyl (C=O) groups is 1. The van der Waals surface area contributed by atoms with Crippen molar-refractivity contribution in [1.29, 1.82) is 0 Å². The topological polar surface area (TPSA) is 41.6 Å². The van der Waals surface area contributed by atoms with Crippen molar-refractivity contribution >= 4 is 6.03 Å². The molecule has 1 aliphatic heterocycles. The van der Waals surface area contributed by atoms with Crippen LogP contribution in [0.1, 0.15) is 26.2 Å². The predicted molar refractivity (Wildman–Crippen MR) is 55.3 cm³/mol. The molecule has 1 atom stereocenters. The SMILES string of the molecule is CCC1CCCN1C(=O)NCCOC. The summed E-state index contributed by atoms with van der Waals surface area (Å²) < 4.78 is 4.87. The molecule has 82 valence electrons. The van der Waals surface area contributed by atoms with Crippen LogP contribution in [0.5, 0.6) is 0 Å². The fourth-order valence-corrected chi connectivity index (χ4v) is 1.89. The predicted octanol–water partition coefficient (Wildman–Crippen LogP) is 1.22. The molecule has 4 heteroatoms. The van der Waals surface area contributed by atoms with E-state index in [1.807, 2.05) is 4.90 Å². The van der Waals surface area contributed by atoms with Gasteiger partial charge in [0.1, 0.15) is 0 Å². The minimum atomic E-state index is 0.0615. The molecule has 1 heterocycles. The molecule has 1 N–H and O–H groups in total. The van der Waals surface area contributed by atoms with E-state index in [1.54, 1.807) is 7.11 Å². The zero-order chi connectivity index (χ0) is 10.4. The third-order valence-corrected chi connectivity index (χ3v) is 2.69. The molecular formula is C10H20N2O2. The first-order chi connectivity index (χ1) is 6.79. The summed E-state index contributed by atoms with van der Waals surface area (Å²) in [6.45, 7) is 4.21. The minimum Gasteiger partial charge on any atom is -0.383 e. The van der Waals surface area contributed by atoms with Crippen molar-refractivity contribution in [3.05, 3.63) is 0 Å². The summed E-state index contributed by atoms with van der Waals surface area (Å²) in [4.78, 5) is 13.6. The van der Waals surface area contributed by atoms with Gasteiger partial charge in [-0.3, -0.25) is 0 Å². The van der Waals surface area contributed by atoms with Crippen molar-refractivity contribution in [3.63, 3.8) is 0 Å². The number of nitrogens with zero attached hydrogens (tertiary/aromatic N) is 1. The van der Waals surface area contributed by atoms with Crippen LogP contribution in [-0.4, -0.2) is 43.8 Å². The molecule has 0 aromatic rings. The highest BCUT2D eigenvalue weighted by molar-refractivity contribution is 5.74. The molecule has 2 amide bonds. The normalized spacial score (nSPS) is 21.3. The first-order valence-corrected chi connectivity index (χ1v) is 5.33. The maximum absolute atomic E-state index is 11.6. The number of urea groups is 1. The van der Waals surface area contributed by atoms with E-state index in [0.29, 0.717) is 19.2 Å². The van der Waals surface area contributed by atoms with Crippen LogP contribution in [0.2, 0.25) is 0 Å². The number of hydrogen-bond donors (Lipinski definition) is 1. The van der Waals surface area contributed by atoms with Gasteiger partial charge in [-0.05, 0) is 19.3 Å². The molecule has 0 radical (unpaired) electrons. The molecule has 1 fully saturated rings. The number of hydrogen-bond acceptors (Lipinski definition) is 2. The van der Waals surface area contributed by atoms with E-state index in [-0.39, 0.29) is 6.03 Å². The number of amides is 2. The highest BCUT2D eigenvalue weighted by Crippen LogP contribution is 2.19. The fraction of sp³-hybridized carbons (Fsp3) is 0.900. The second-order valence-corrected chi connectivity index (χ2v) is 3.62. The largest absolute Gasteiger partial charge is 0.383 e. The molecule has 1 unspecified atom stereocenters. The Morgan fingerprint density at radius 1 is 1.64 bits per heavy atom. The van der Waals surface area contributed by atoms with E-state index in [4.69, 9.17) is 4.74 Å². The van der Waals surface area contributed by atoms with Gasteiger partial charge in [-0.15, -0.1) is 0 Å². The van der Waals surface area contributed by atoms with Crippen LogP contribution in [0.15, 0.2) is 0 Å². The second-order valence-electron chi connectivity index (χ2n) is 3.62. The number of nitrogens with one attached hydrogen (secondary N) is 1. The Bertz CT molecular complexity index is 185. The van der Waals surface area contributed by atoms with Crippen LogP contribution in [0.3, 0.4) is 0 Å². The van der Waals surface area contributed by atoms with E-state index >= 15 is 0 Å². The van der Waals surface area contributed by atoms with Crippen molar-refractivity contribution < 1.29 is 9.53 Å². The van der Waals surface area contributed by atoms with Crippen molar-refractivity contribution in [1.82, 2.24) is 10.2 Å². The van der Waals surface area contributed by atoms with Gasteiger partial charge in [0.2, 0.25) is 0 Å². The Morgan fingerprint density at radius 3 is 3.07 bits per heavy atom. The molecule has 0 spiro atoms. The molecule has 1 saturated heterocycles. The molecule has 0 aromatic carbocycles. The lowest BCUT2D eigenvalue weighted by molar-refractivity contribution is 0.175. The first-order valence-electron chi connectivity index (χ1n) is 5.33. The van der Waals surface area contributed by atoms with Gasteiger partial charge in [-0.1, -0.05) is 6.92 Å². The van der Waals surface area contributed by atoms with Gasteiger partial charge in [-0.25, -0.2) is 4.79 Å². The van der Waals surface area contributed by atoms with Crippen LogP contribution >= 0.6 is 0 Å². The smallest absolute Gasteiger partial charge is 0.317 e. The maximum atomic E-state index is 11.6. The molecule has 14 heavy (non-hydrogen) atoms. The molecule has 1 aliphatic rings. The van der Waals surface area contributed by atoms with Crippen molar-refractivity contribution in [3.8, 4) is 0 Å². The standard InChI is InChI=1S/C10H20N2O2/c1-3-9-5-4-7-12(9)10(13)11-6-8-14-2/h9H,3-8H2,1-2H3,(H,11,13). The third-order valence-electron chi connectivity index (χ3n) is 2.69. The summed E-state index contributed by atoms with van der Waals surface area (Å²) in [5, 5.41) is 2.85. The van der Waals surface area contributed by atoms with Gasteiger partial charge in [-0.2, -0.15) is 0 Å². The zero-order valence-electron chi connectivity index (χ0n) is 9.08. The molecule has 0 aliphatic carbocycles. The van der Waals surface area contributed by atoms with Gasteiger partial charge in [0.15, 0.2) is 0 Å². The van der Waals surface area contributed by atoms with Crippen molar-refractivity contribution in [2.24, 2.45) is 0 Å². The van der Waals surface area contributed by atoms with Gasteiger partial charge in [0, 0.05) is 26.2 Å². The molecule has 1 rings (SSSR count). The summed E-state index contributed by atoms with van der Waals surface area (Å²) >= 11 is 0. The monoisotopic (exact) mass is 200 g/mol. The summed E-state index contributed by atoms with van der Waals surface area (Å²) in [5.41, 5.74) is 0. The van der Waals surface area contributed by atoms with Crippen molar-refractivity contribution in [2.75, 3.05) is 26.8 Å². The molecule has 4 nitrogen and oxygen atoms in total. The van der Waals surface area contributed by atoms with E-state index in [1.165, 1.54) is 0 Å². The summed E-state index contributed by atoms with van der Waals surface area (Å²) in [7, 11) is 1.64.